The van der Waals surface area contributed by atoms with Gasteiger partial charge in [-0.1, -0.05) is 0 Å². The molecule has 1 saturated heterocycles. The third-order valence-electron chi connectivity index (χ3n) is 3.49. The maximum atomic E-state index is 12.6. The van der Waals surface area contributed by atoms with Gasteiger partial charge in [-0.2, -0.15) is 0 Å². The molecule has 0 bridgehead atoms. The van der Waals surface area contributed by atoms with Crippen molar-refractivity contribution in [3.8, 4) is 10.6 Å². The van der Waals surface area contributed by atoms with Crippen LogP contribution in [0.1, 0.15) is 23.5 Å². The summed E-state index contributed by atoms with van der Waals surface area (Å²) in [6.07, 6.45) is 5.15. The van der Waals surface area contributed by atoms with Crippen LogP contribution < -0.4 is 5.32 Å². The Bertz CT molecular complexity index is 618. The highest BCUT2D eigenvalue weighted by Crippen LogP contribution is 2.25. The second-order valence-electron chi connectivity index (χ2n) is 5.44. The number of piperazine rings is 1. The molecule has 1 aliphatic heterocycles. The number of hydrogen-bond donors (Lipinski definition) is 1. The highest BCUT2D eigenvalue weighted by molar-refractivity contribution is 7.16. The summed E-state index contributed by atoms with van der Waals surface area (Å²) >= 11 is 1.44. The first kappa shape index (κ1) is 14.2. The van der Waals surface area contributed by atoms with Crippen molar-refractivity contribution in [1.82, 2.24) is 20.2 Å². The molecule has 0 aliphatic carbocycles. The zero-order valence-electron chi connectivity index (χ0n) is 12.1. The fourth-order valence-corrected chi connectivity index (χ4v) is 3.54. The molecule has 1 amide bonds. The van der Waals surface area contributed by atoms with Crippen molar-refractivity contribution >= 4 is 17.2 Å². The molecule has 5 nitrogen and oxygen atoms in total. The van der Waals surface area contributed by atoms with Crippen molar-refractivity contribution in [3.63, 3.8) is 0 Å². The molecule has 0 radical (unpaired) electrons. The average molecular weight is 302 g/mol. The second kappa shape index (κ2) is 5.91. The van der Waals surface area contributed by atoms with E-state index in [1.54, 1.807) is 18.6 Å². The minimum absolute atomic E-state index is 0.0769. The van der Waals surface area contributed by atoms with Gasteiger partial charge in [-0.05, 0) is 26.0 Å². The summed E-state index contributed by atoms with van der Waals surface area (Å²) in [6, 6.07) is 4.46. The minimum atomic E-state index is 0.0769. The summed E-state index contributed by atoms with van der Waals surface area (Å²) in [4.78, 5) is 23.6. The molecule has 2 aromatic rings. The third-order valence-corrected chi connectivity index (χ3v) is 4.52. The number of carbonyl (C=O) groups is 1. The largest absolute Gasteiger partial charge is 0.335 e. The predicted octanol–water partition coefficient (Wildman–Crippen LogP) is 2.03. The van der Waals surface area contributed by atoms with Crippen molar-refractivity contribution in [2.75, 3.05) is 13.1 Å². The molecule has 3 heterocycles. The van der Waals surface area contributed by atoms with Crippen LogP contribution in [0.5, 0.6) is 0 Å². The van der Waals surface area contributed by atoms with Gasteiger partial charge < -0.3 is 10.2 Å². The number of pyridine rings is 1. The molecule has 0 unspecified atom stereocenters. The predicted molar refractivity (Wildman–Crippen MR) is 83.3 cm³/mol. The standard InChI is InChI=1S/C15H18N4OS/c1-10-8-19(9-11(2)18-10)15(20)13-7-17-14(21-13)12-3-5-16-6-4-12/h3-7,10-11,18H,8-9H2,1-2H3/t10-,11+. The molecule has 2 atom stereocenters. The summed E-state index contributed by atoms with van der Waals surface area (Å²) in [5.41, 5.74) is 0.996. The van der Waals surface area contributed by atoms with Gasteiger partial charge in [-0.25, -0.2) is 4.98 Å². The average Bonchev–Trinajstić information content (AvgIpc) is 2.96. The minimum Gasteiger partial charge on any atom is -0.335 e. The van der Waals surface area contributed by atoms with E-state index in [0.29, 0.717) is 17.0 Å². The Hall–Kier alpha value is -1.79. The van der Waals surface area contributed by atoms with E-state index in [2.05, 4.69) is 29.1 Å². The van der Waals surface area contributed by atoms with Crippen LogP contribution in [0.15, 0.2) is 30.7 Å². The number of hydrogen-bond acceptors (Lipinski definition) is 5. The molecular weight excluding hydrogens is 284 g/mol. The lowest BCUT2D eigenvalue weighted by Gasteiger charge is -2.35. The van der Waals surface area contributed by atoms with Crippen molar-refractivity contribution in [2.45, 2.75) is 25.9 Å². The van der Waals surface area contributed by atoms with Gasteiger partial charge in [0.2, 0.25) is 0 Å². The molecule has 1 N–H and O–H groups in total. The SMILES string of the molecule is C[C@@H]1CN(C(=O)c2cnc(-c3ccncc3)s2)C[C@H](C)N1. The van der Waals surface area contributed by atoms with E-state index in [1.807, 2.05) is 17.0 Å². The van der Waals surface area contributed by atoms with Crippen LogP contribution in [0.25, 0.3) is 10.6 Å². The second-order valence-corrected chi connectivity index (χ2v) is 6.48. The van der Waals surface area contributed by atoms with E-state index in [4.69, 9.17) is 0 Å². The van der Waals surface area contributed by atoms with E-state index in [-0.39, 0.29) is 5.91 Å². The van der Waals surface area contributed by atoms with Crippen molar-refractivity contribution in [3.05, 3.63) is 35.6 Å². The van der Waals surface area contributed by atoms with E-state index >= 15 is 0 Å². The Labute approximate surface area is 128 Å². The van der Waals surface area contributed by atoms with Crippen molar-refractivity contribution in [2.24, 2.45) is 0 Å². The van der Waals surface area contributed by atoms with Crippen LogP contribution in [0, 0.1) is 0 Å². The maximum absolute atomic E-state index is 12.6. The zero-order chi connectivity index (χ0) is 14.8. The molecule has 0 spiro atoms. The molecule has 110 valence electrons. The van der Waals surface area contributed by atoms with Crippen LogP contribution in [0.3, 0.4) is 0 Å². The monoisotopic (exact) mass is 302 g/mol. The number of nitrogens with zero attached hydrogens (tertiary/aromatic N) is 3. The highest BCUT2D eigenvalue weighted by Gasteiger charge is 2.26. The van der Waals surface area contributed by atoms with Gasteiger partial charge in [-0.15, -0.1) is 11.3 Å². The topological polar surface area (TPSA) is 58.1 Å². The van der Waals surface area contributed by atoms with Crippen molar-refractivity contribution < 1.29 is 4.79 Å². The van der Waals surface area contributed by atoms with E-state index in [9.17, 15) is 4.79 Å². The lowest BCUT2D eigenvalue weighted by atomic mass is 10.1. The van der Waals surface area contributed by atoms with Crippen LogP contribution in [0.4, 0.5) is 0 Å². The molecule has 2 aromatic heterocycles. The van der Waals surface area contributed by atoms with Gasteiger partial charge in [0, 0.05) is 43.1 Å². The van der Waals surface area contributed by atoms with Crippen LogP contribution in [0.2, 0.25) is 0 Å². The third kappa shape index (κ3) is 3.11. The zero-order valence-corrected chi connectivity index (χ0v) is 12.9. The van der Waals surface area contributed by atoms with Gasteiger partial charge in [0.1, 0.15) is 9.88 Å². The van der Waals surface area contributed by atoms with Gasteiger partial charge >= 0.3 is 0 Å². The molecule has 0 aromatic carbocycles. The van der Waals surface area contributed by atoms with E-state index < -0.39 is 0 Å². The molecule has 21 heavy (non-hydrogen) atoms. The number of rotatable bonds is 2. The van der Waals surface area contributed by atoms with Gasteiger partial charge in [-0.3, -0.25) is 9.78 Å². The first-order chi connectivity index (χ1) is 10.1. The Morgan fingerprint density at radius 2 is 1.95 bits per heavy atom. The van der Waals surface area contributed by atoms with Gasteiger partial charge in [0.15, 0.2) is 0 Å². The molecule has 3 rings (SSSR count). The van der Waals surface area contributed by atoms with E-state index in [1.165, 1.54) is 11.3 Å². The molecule has 1 fully saturated rings. The normalized spacial score (nSPS) is 22.3. The Morgan fingerprint density at radius 1 is 1.29 bits per heavy atom. The molecular formula is C15H18N4OS. The molecule has 6 heteroatoms. The smallest absolute Gasteiger partial charge is 0.265 e. The van der Waals surface area contributed by atoms with E-state index in [0.717, 1.165) is 23.7 Å². The summed E-state index contributed by atoms with van der Waals surface area (Å²) in [6.45, 7) is 5.69. The van der Waals surface area contributed by atoms with Crippen LogP contribution in [-0.4, -0.2) is 45.9 Å². The fourth-order valence-electron chi connectivity index (χ4n) is 2.65. The van der Waals surface area contributed by atoms with Gasteiger partial charge in [0.25, 0.3) is 5.91 Å². The van der Waals surface area contributed by atoms with Gasteiger partial charge in [0.05, 0.1) is 6.20 Å². The summed E-state index contributed by atoms with van der Waals surface area (Å²) in [5.74, 6) is 0.0769. The lowest BCUT2D eigenvalue weighted by Crippen LogP contribution is -2.55. The lowest BCUT2D eigenvalue weighted by molar-refractivity contribution is 0.0678. The molecule has 0 saturated carbocycles. The number of aromatic nitrogens is 2. The highest BCUT2D eigenvalue weighted by atomic mass is 32.1. The summed E-state index contributed by atoms with van der Waals surface area (Å²) in [5, 5.41) is 4.29. The number of amides is 1. The first-order valence-electron chi connectivity index (χ1n) is 7.05. The molecule has 1 aliphatic rings. The van der Waals surface area contributed by atoms with Crippen LogP contribution >= 0.6 is 11.3 Å². The number of carbonyl (C=O) groups excluding carboxylic acids is 1. The number of thiazole rings is 1. The van der Waals surface area contributed by atoms with Crippen LogP contribution in [-0.2, 0) is 0 Å². The fraction of sp³-hybridized carbons (Fsp3) is 0.400. The first-order valence-corrected chi connectivity index (χ1v) is 7.86. The summed E-state index contributed by atoms with van der Waals surface area (Å²) in [7, 11) is 0. The Morgan fingerprint density at radius 3 is 2.62 bits per heavy atom. The maximum Gasteiger partial charge on any atom is 0.265 e. The summed E-state index contributed by atoms with van der Waals surface area (Å²) < 4.78 is 0. The Balaban J connectivity index is 1.78. The number of nitrogens with one attached hydrogen (secondary N) is 1. The van der Waals surface area contributed by atoms with Crippen molar-refractivity contribution in [1.29, 1.82) is 0 Å². The quantitative estimate of drug-likeness (QED) is 0.922. The Kier molecular flexibility index (Phi) is 3.98.